The molecule has 0 saturated heterocycles. The summed E-state index contributed by atoms with van der Waals surface area (Å²) in [5, 5.41) is 17.9. The molecule has 2 aromatic carbocycles. The lowest BCUT2D eigenvalue weighted by molar-refractivity contribution is 0.0686. The first-order valence-corrected chi connectivity index (χ1v) is 14.1. The first-order valence-electron chi connectivity index (χ1n) is 14.1. The molecule has 4 heterocycles. The van der Waals surface area contributed by atoms with E-state index in [9.17, 15) is 9.59 Å². The van der Waals surface area contributed by atoms with Crippen LogP contribution in [0.1, 0.15) is 32.1 Å². The van der Waals surface area contributed by atoms with Gasteiger partial charge in [0.2, 0.25) is 11.9 Å². The van der Waals surface area contributed by atoms with Crippen molar-refractivity contribution in [2.75, 3.05) is 46.8 Å². The molecule has 6 rings (SSSR count). The second kappa shape index (κ2) is 15.9. The molecular weight excluding hydrogens is 672 g/mol. The van der Waals surface area contributed by atoms with Crippen molar-refractivity contribution in [3.05, 3.63) is 83.4 Å². The Morgan fingerprint density at radius 3 is 1.26 bits per heavy atom. The molecule has 0 fully saturated rings. The Morgan fingerprint density at radius 2 is 0.940 bits per heavy atom. The highest BCUT2D eigenvalue weighted by Gasteiger charge is 2.12. The Bertz CT molecular complexity index is 1990. The number of carboxylic acid groups (broad SMARTS) is 2. The minimum atomic E-state index is -0.959. The molecule has 0 bridgehead atoms. The van der Waals surface area contributed by atoms with Crippen molar-refractivity contribution in [3.63, 3.8) is 0 Å². The van der Waals surface area contributed by atoms with Crippen LogP contribution < -0.4 is 32.7 Å². The van der Waals surface area contributed by atoms with Gasteiger partial charge in [0.1, 0.15) is 0 Å². The minimum Gasteiger partial charge on any atom is -0.478 e. The average Bonchev–Trinajstić information content (AvgIpc) is 3.05. The van der Waals surface area contributed by atoms with Crippen molar-refractivity contribution in [1.29, 1.82) is 0 Å². The first kappa shape index (κ1) is 37.7. The second-order valence-corrected chi connectivity index (χ2v) is 10.4. The number of nitrogens with zero attached hydrogens (tertiary/aromatic N) is 10. The summed E-state index contributed by atoms with van der Waals surface area (Å²) in [6.07, 6.45) is 3.19. The fraction of sp³-hybridized carbons (Fsp3) is 0.133. The summed E-state index contributed by atoms with van der Waals surface area (Å²) >= 11 is 0. The smallest absolute Gasteiger partial charge is 0.335 e. The number of carbonyl (C=O) groups is 2. The van der Waals surface area contributed by atoms with Gasteiger partial charge >= 0.3 is 11.9 Å². The van der Waals surface area contributed by atoms with Crippen LogP contribution in [0.5, 0.6) is 0 Å². The van der Waals surface area contributed by atoms with Gasteiger partial charge in [0.05, 0.1) is 48.0 Å². The van der Waals surface area contributed by atoms with Gasteiger partial charge in [0.15, 0.2) is 34.0 Å². The molecule has 0 aliphatic carbocycles. The molecule has 20 heteroatoms. The van der Waals surface area contributed by atoms with Crippen LogP contribution in [0.2, 0.25) is 0 Å². The van der Waals surface area contributed by atoms with E-state index in [0.717, 1.165) is 11.4 Å². The van der Waals surface area contributed by atoms with Gasteiger partial charge in [-0.15, -0.1) is 12.4 Å². The predicted octanol–water partition coefficient (Wildman–Crippen LogP) is 1.43. The topological polar surface area (TPSA) is 320 Å². The van der Waals surface area contributed by atoms with Crippen LogP contribution in [-0.2, 0) is 13.1 Å². The summed E-state index contributed by atoms with van der Waals surface area (Å²) in [5.74, 6) is -1.45. The number of hydrogen-bond acceptors (Lipinski definition) is 16. The number of nitrogen functional groups attached to an aromatic ring is 4. The molecule has 4 aromatic heterocycles. The third-order valence-electron chi connectivity index (χ3n) is 6.91. The zero-order chi connectivity index (χ0) is 34.5. The second-order valence-electron chi connectivity index (χ2n) is 10.4. The molecule has 0 saturated carbocycles. The molecule has 19 nitrogen and oxygen atoms in total. The van der Waals surface area contributed by atoms with Gasteiger partial charge in [0, 0.05) is 25.5 Å². The molecule has 0 unspecified atom stereocenters. The van der Waals surface area contributed by atoms with Crippen LogP contribution in [0, 0.1) is 0 Å². The van der Waals surface area contributed by atoms with Gasteiger partial charge in [-0.2, -0.15) is 19.9 Å². The summed E-state index contributed by atoms with van der Waals surface area (Å²) in [6, 6.07) is 13.1. The average molecular weight is 705 g/mol. The van der Waals surface area contributed by atoms with Crippen molar-refractivity contribution in [2.45, 2.75) is 13.1 Å². The number of rotatable bonds is 8. The van der Waals surface area contributed by atoms with Crippen LogP contribution in [0.3, 0.4) is 0 Å². The highest BCUT2D eigenvalue weighted by atomic mass is 35.5. The maximum atomic E-state index is 10.9. The molecule has 0 radical (unpaired) electrons. The lowest BCUT2D eigenvalue weighted by atomic mass is 10.2. The van der Waals surface area contributed by atoms with E-state index in [4.69, 9.17) is 33.1 Å². The fourth-order valence-corrected chi connectivity index (χ4v) is 4.50. The molecule has 0 amide bonds. The Labute approximate surface area is 289 Å². The van der Waals surface area contributed by atoms with Crippen molar-refractivity contribution < 1.29 is 25.3 Å². The fourth-order valence-electron chi connectivity index (χ4n) is 4.50. The molecule has 6 aromatic rings. The molecular formula is C30H33ClN14O5. The van der Waals surface area contributed by atoms with Crippen molar-refractivity contribution in [2.24, 2.45) is 0 Å². The first-order chi connectivity index (χ1) is 22.9. The molecule has 0 aliphatic heterocycles. The largest absolute Gasteiger partial charge is 0.478 e. The Balaban J connectivity index is 0.000000260. The molecule has 0 atom stereocenters. The third-order valence-corrected chi connectivity index (χ3v) is 6.91. The van der Waals surface area contributed by atoms with Gasteiger partial charge < -0.3 is 48.4 Å². The molecule has 0 spiro atoms. The Morgan fingerprint density at radius 1 is 0.600 bits per heavy atom. The normalized spacial score (nSPS) is 10.3. The summed E-state index contributed by atoms with van der Waals surface area (Å²) in [7, 11) is 3.73. The Kier molecular flexibility index (Phi) is 12.0. The number of benzene rings is 2. The maximum absolute atomic E-state index is 10.9. The van der Waals surface area contributed by atoms with E-state index < -0.39 is 11.9 Å². The third kappa shape index (κ3) is 8.79. The summed E-state index contributed by atoms with van der Waals surface area (Å²) < 4.78 is 0. The van der Waals surface area contributed by atoms with Gasteiger partial charge in [-0.05, 0) is 48.5 Å². The van der Waals surface area contributed by atoms with Crippen molar-refractivity contribution >= 4 is 81.6 Å². The van der Waals surface area contributed by atoms with E-state index in [1.807, 2.05) is 23.9 Å². The van der Waals surface area contributed by atoms with Gasteiger partial charge in [-0.25, -0.2) is 29.5 Å². The summed E-state index contributed by atoms with van der Waals surface area (Å²) in [5.41, 5.74) is 27.7. The molecule has 12 N–H and O–H groups in total. The predicted molar refractivity (Wildman–Crippen MR) is 190 cm³/mol. The van der Waals surface area contributed by atoms with Gasteiger partial charge in [-0.1, -0.05) is 0 Å². The van der Waals surface area contributed by atoms with Gasteiger partial charge in [-0.3, -0.25) is 0 Å². The summed E-state index contributed by atoms with van der Waals surface area (Å²) in [6.45, 7) is 0.915. The standard InChI is InChI=1S/2C15H15N7O2.ClH.H2O/c2*1-22(10-4-2-8(3-5-10)14(23)24)7-9-6-18-13-11(19-9)12(16)20-15(17)21-13;;/h2*2-6H,7H2,1H3,(H,23,24)(H4,16,17,18,20,21);1H;1H2. The van der Waals surface area contributed by atoms with E-state index in [2.05, 4.69) is 39.9 Å². The number of halogens is 1. The zero-order valence-electron chi connectivity index (χ0n) is 26.6. The Hall–Kier alpha value is -6.73. The van der Waals surface area contributed by atoms with Crippen molar-refractivity contribution in [3.8, 4) is 0 Å². The molecule has 0 aliphatic rings. The van der Waals surface area contributed by atoms with Crippen LogP contribution in [0.15, 0.2) is 60.9 Å². The summed E-state index contributed by atoms with van der Waals surface area (Å²) in [4.78, 5) is 58.6. The number of hydrogen-bond donors (Lipinski definition) is 6. The zero-order valence-corrected chi connectivity index (χ0v) is 27.4. The molecule has 50 heavy (non-hydrogen) atoms. The SMILES string of the molecule is CN(Cc1cnc2nc(N)nc(N)c2n1)c1ccc(C(=O)O)cc1.CN(Cc1cnc2nc(N)nc(N)c2n1)c1ccc(C(=O)O)cc1.Cl.O. The number of anilines is 6. The molecule has 260 valence electrons. The van der Waals surface area contributed by atoms with E-state index in [0.29, 0.717) is 46.8 Å². The lowest BCUT2D eigenvalue weighted by Gasteiger charge is -2.19. The number of carboxylic acids is 2. The lowest BCUT2D eigenvalue weighted by Crippen LogP contribution is -2.18. The number of aromatic nitrogens is 8. The van der Waals surface area contributed by atoms with E-state index in [1.54, 1.807) is 60.9 Å². The van der Waals surface area contributed by atoms with Crippen LogP contribution >= 0.6 is 12.4 Å². The number of aromatic carboxylic acids is 2. The van der Waals surface area contributed by atoms with Crippen LogP contribution in [-0.4, -0.2) is 81.6 Å². The van der Waals surface area contributed by atoms with Crippen molar-refractivity contribution in [1.82, 2.24) is 39.9 Å². The number of nitrogens with two attached hydrogens (primary N) is 4. The van der Waals surface area contributed by atoms with E-state index in [-0.39, 0.29) is 52.5 Å². The van der Waals surface area contributed by atoms with E-state index >= 15 is 0 Å². The highest BCUT2D eigenvalue weighted by molar-refractivity contribution is 5.88. The van der Waals surface area contributed by atoms with E-state index in [1.165, 1.54) is 0 Å². The van der Waals surface area contributed by atoms with Gasteiger partial charge in [0.25, 0.3) is 0 Å². The van der Waals surface area contributed by atoms with Crippen LogP contribution in [0.25, 0.3) is 22.3 Å². The number of fused-ring (bicyclic) bond motifs is 2. The minimum absolute atomic E-state index is 0. The monoisotopic (exact) mass is 704 g/mol. The maximum Gasteiger partial charge on any atom is 0.335 e. The quantitative estimate of drug-likeness (QED) is 0.130. The van der Waals surface area contributed by atoms with Crippen LogP contribution in [0.4, 0.5) is 34.9 Å². The highest BCUT2D eigenvalue weighted by Crippen LogP contribution is 2.20.